The molecular weight excluding hydrogens is 334 g/mol. The van der Waals surface area contributed by atoms with Crippen LogP contribution in [0.5, 0.6) is 5.75 Å². The maximum absolute atomic E-state index is 5.23. The van der Waals surface area contributed by atoms with Gasteiger partial charge in [0, 0.05) is 25.3 Å². The number of aryl methyl sites for hydroxylation is 1. The van der Waals surface area contributed by atoms with E-state index in [1.165, 1.54) is 43.7 Å². The van der Waals surface area contributed by atoms with E-state index in [1.54, 1.807) is 7.11 Å². The van der Waals surface area contributed by atoms with Gasteiger partial charge < -0.3 is 14.5 Å². The summed E-state index contributed by atoms with van der Waals surface area (Å²) in [5.74, 6) is 1.74. The summed E-state index contributed by atoms with van der Waals surface area (Å²) in [7, 11) is 3.94. The Hall–Kier alpha value is -1.91. The van der Waals surface area contributed by atoms with Gasteiger partial charge in [-0.2, -0.15) is 0 Å². The van der Waals surface area contributed by atoms with Gasteiger partial charge in [0.1, 0.15) is 5.75 Å². The van der Waals surface area contributed by atoms with Gasteiger partial charge in [-0.3, -0.25) is 4.98 Å². The summed E-state index contributed by atoms with van der Waals surface area (Å²) in [6.07, 6.45) is 3.72. The number of hydrogen-bond donors (Lipinski definition) is 0. The highest BCUT2D eigenvalue weighted by molar-refractivity contribution is 5.27. The first-order valence-electron chi connectivity index (χ1n) is 10.1. The number of aromatic nitrogens is 1. The Morgan fingerprint density at radius 1 is 1.11 bits per heavy atom. The summed E-state index contributed by atoms with van der Waals surface area (Å²) >= 11 is 0. The molecule has 2 aromatic rings. The van der Waals surface area contributed by atoms with Gasteiger partial charge >= 0.3 is 0 Å². The van der Waals surface area contributed by atoms with Gasteiger partial charge in [-0.05, 0) is 82.1 Å². The molecule has 1 aliphatic heterocycles. The molecule has 0 bridgehead atoms. The van der Waals surface area contributed by atoms with Gasteiger partial charge in [-0.1, -0.05) is 18.2 Å². The predicted molar refractivity (Wildman–Crippen MR) is 111 cm³/mol. The van der Waals surface area contributed by atoms with E-state index >= 15 is 0 Å². The average Bonchev–Trinajstić information content (AvgIpc) is 2.68. The molecule has 27 heavy (non-hydrogen) atoms. The molecule has 1 saturated heterocycles. The molecule has 3 rings (SSSR count). The van der Waals surface area contributed by atoms with Crippen LogP contribution in [0.25, 0.3) is 0 Å². The lowest BCUT2D eigenvalue weighted by molar-refractivity contribution is 0.153. The van der Waals surface area contributed by atoms with Crippen LogP contribution in [0.4, 0.5) is 0 Å². The molecule has 1 aromatic heterocycles. The number of rotatable bonds is 8. The fourth-order valence-electron chi connectivity index (χ4n) is 3.94. The molecule has 0 atom stereocenters. The van der Waals surface area contributed by atoms with Crippen molar-refractivity contribution in [3.8, 4) is 5.75 Å². The zero-order valence-corrected chi connectivity index (χ0v) is 17.0. The number of methoxy groups -OCH3 is 1. The summed E-state index contributed by atoms with van der Waals surface area (Å²) in [5, 5.41) is 0. The minimum atomic E-state index is 0.803. The van der Waals surface area contributed by atoms with Crippen LogP contribution in [0.1, 0.15) is 29.8 Å². The number of nitrogens with zero attached hydrogens (tertiary/aromatic N) is 3. The zero-order chi connectivity index (χ0) is 19.1. The Morgan fingerprint density at radius 3 is 2.52 bits per heavy atom. The molecule has 1 aromatic carbocycles. The van der Waals surface area contributed by atoms with Crippen LogP contribution in [0.2, 0.25) is 0 Å². The van der Waals surface area contributed by atoms with E-state index < -0.39 is 0 Å². The van der Waals surface area contributed by atoms with E-state index in [-0.39, 0.29) is 0 Å². The molecule has 0 amide bonds. The highest BCUT2D eigenvalue weighted by Crippen LogP contribution is 2.19. The van der Waals surface area contributed by atoms with Crippen molar-refractivity contribution in [3.05, 3.63) is 59.4 Å². The maximum Gasteiger partial charge on any atom is 0.118 e. The van der Waals surface area contributed by atoms with E-state index in [2.05, 4.69) is 71.2 Å². The number of ether oxygens (including phenoxy) is 1. The lowest BCUT2D eigenvalue weighted by Gasteiger charge is -2.34. The molecule has 1 aliphatic rings. The topological polar surface area (TPSA) is 28.6 Å². The molecule has 0 saturated carbocycles. The molecule has 0 radical (unpaired) electrons. The van der Waals surface area contributed by atoms with Gasteiger partial charge in [0.25, 0.3) is 0 Å². The number of piperidine rings is 1. The van der Waals surface area contributed by atoms with Crippen molar-refractivity contribution in [2.45, 2.75) is 32.7 Å². The molecule has 4 nitrogen and oxygen atoms in total. The Kier molecular flexibility index (Phi) is 7.25. The van der Waals surface area contributed by atoms with Gasteiger partial charge in [-0.25, -0.2) is 0 Å². The van der Waals surface area contributed by atoms with E-state index in [0.717, 1.165) is 36.9 Å². The van der Waals surface area contributed by atoms with Crippen molar-refractivity contribution in [2.75, 3.05) is 40.3 Å². The van der Waals surface area contributed by atoms with E-state index in [1.807, 2.05) is 0 Å². The molecule has 0 unspecified atom stereocenters. The van der Waals surface area contributed by atoms with Crippen LogP contribution in [0.15, 0.2) is 42.5 Å². The smallest absolute Gasteiger partial charge is 0.118 e. The molecule has 2 heterocycles. The third kappa shape index (κ3) is 6.33. The van der Waals surface area contributed by atoms with Gasteiger partial charge in [0.05, 0.1) is 12.8 Å². The van der Waals surface area contributed by atoms with E-state index in [4.69, 9.17) is 4.74 Å². The maximum atomic E-state index is 5.23. The Labute approximate surface area is 164 Å². The van der Waals surface area contributed by atoms with Crippen molar-refractivity contribution >= 4 is 0 Å². The molecule has 0 N–H and O–H groups in total. The SMILES string of the molecule is COc1ccc(CCN2CCC(CN(C)Cc3cccc(C)n3)CC2)cc1. The Morgan fingerprint density at radius 2 is 1.85 bits per heavy atom. The monoisotopic (exact) mass is 367 g/mol. The molecule has 0 aliphatic carbocycles. The molecule has 146 valence electrons. The molecular formula is C23H33N3O. The largest absolute Gasteiger partial charge is 0.497 e. The fourth-order valence-corrected chi connectivity index (χ4v) is 3.94. The fraction of sp³-hybridized carbons (Fsp3) is 0.522. The quantitative estimate of drug-likeness (QED) is 0.710. The predicted octanol–water partition coefficient (Wildman–Crippen LogP) is 3.79. The summed E-state index contributed by atoms with van der Waals surface area (Å²) in [6, 6.07) is 14.8. The molecule has 1 fully saturated rings. The number of pyridine rings is 1. The highest BCUT2D eigenvalue weighted by atomic mass is 16.5. The van der Waals surface area contributed by atoms with E-state index in [9.17, 15) is 0 Å². The van der Waals surface area contributed by atoms with Crippen LogP contribution in [0, 0.1) is 12.8 Å². The van der Waals surface area contributed by atoms with Gasteiger partial charge in [0.15, 0.2) is 0 Å². The number of benzene rings is 1. The zero-order valence-electron chi connectivity index (χ0n) is 17.0. The molecule has 0 spiro atoms. The van der Waals surface area contributed by atoms with Crippen molar-refractivity contribution < 1.29 is 4.74 Å². The first-order chi connectivity index (χ1) is 13.1. The lowest BCUT2D eigenvalue weighted by Crippen LogP contribution is -2.38. The summed E-state index contributed by atoms with van der Waals surface area (Å²) in [6.45, 7) is 7.77. The standard InChI is InChI=1S/C23H33N3O/c1-19-5-4-6-22(24-19)18-25(2)17-21-12-15-26(16-13-21)14-11-20-7-9-23(27-3)10-8-20/h4-10,21H,11-18H2,1-3H3. The van der Waals surface area contributed by atoms with Gasteiger partial charge in [0.2, 0.25) is 0 Å². The normalized spacial score (nSPS) is 16.0. The highest BCUT2D eigenvalue weighted by Gasteiger charge is 2.20. The second kappa shape index (κ2) is 9.86. The summed E-state index contributed by atoms with van der Waals surface area (Å²) in [5.41, 5.74) is 3.67. The van der Waals surface area contributed by atoms with Crippen LogP contribution in [-0.4, -0.2) is 55.1 Å². The first kappa shape index (κ1) is 19.8. The first-order valence-corrected chi connectivity index (χ1v) is 10.1. The van der Waals surface area contributed by atoms with Crippen molar-refractivity contribution in [1.82, 2.24) is 14.8 Å². The Balaban J connectivity index is 1.36. The average molecular weight is 368 g/mol. The number of hydrogen-bond acceptors (Lipinski definition) is 4. The van der Waals surface area contributed by atoms with E-state index in [0.29, 0.717) is 0 Å². The third-order valence-electron chi connectivity index (χ3n) is 5.53. The summed E-state index contributed by atoms with van der Waals surface area (Å²) in [4.78, 5) is 9.67. The molecule has 4 heteroatoms. The number of likely N-dealkylation sites (tertiary alicyclic amines) is 1. The summed E-state index contributed by atoms with van der Waals surface area (Å²) < 4.78 is 5.23. The van der Waals surface area contributed by atoms with Crippen LogP contribution in [0.3, 0.4) is 0 Å². The van der Waals surface area contributed by atoms with Crippen molar-refractivity contribution in [3.63, 3.8) is 0 Å². The third-order valence-corrected chi connectivity index (χ3v) is 5.53. The Bertz CT molecular complexity index is 693. The van der Waals surface area contributed by atoms with Crippen LogP contribution >= 0.6 is 0 Å². The van der Waals surface area contributed by atoms with Gasteiger partial charge in [-0.15, -0.1) is 0 Å². The second-order valence-corrected chi connectivity index (χ2v) is 7.85. The van der Waals surface area contributed by atoms with Crippen molar-refractivity contribution in [2.24, 2.45) is 5.92 Å². The lowest BCUT2D eigenvalue weighted by atomic mass is 9.96. The minimum absolute atomic E-state index is 0.803. The second-order valence-electron chi connectivity index (χ2n) is 7.85. The van der Waals surface area contributed by atoms with Crippen LogP contribution in [-0.2, 0) is 13.0 Å². The minimum Gasteiger partial charge on any atom is -0.497 e. The van der Waals surface area contributed by atoms with Crippen molar-refractivity contribution in [1.29, 1.82) is 0 Å². The van der Waals surface area contributed by atoms with Crippen LogP contribution < -0.4 is 4.74 Å².